The van der Waals surface area contributed by atoms with Crippen molar-refractivity contribution in [3.63, 3.8) is 0 Å². The summed E-state index contributed by atoms with van der Waals surface area (Å²) in [6, 6.07) is 0. The first-order valence-corrected chi connectivity index (χ1v) is 8.06. The van der Waals surface area contributed by atoms with Gasteiger partial charge in [0.15, 0.2) is 0 Å². The highest BCUT2D eigenvalue weighted by atomic mass is 16.2. The van der Waals surface area contributed by atoms with Crippen molar-refractivity contribution >= 4 is 5.91 Å². The van der Waals surface area contributed by atoms with Gasteiger partial charge in [-0.05, 0) is 61.2 Å². The van der Waals surface area contributed by atoms with Crippen molar-refractivity contribution in [2.45, 2.75) is 77.7 Å². The van der Waals surface area contributed by atoms with E-state index in [1.54, 1.807) is 0 Å². The summed E-state index contributed by atoms with van der Waals surface area (Å²) in [5.74, 6) is 0.442. The Hall–Kier alpha value is -0.530. The molecular formula is C17H27NO. The Kier molecular flexibility index (Phi) is 2.06. The average Bonchev–Trinajstić information content (AvgIpc) is 2.56. The van der Waals surface area contributed by atoms with Gasteiger partial charge in [0.25, 0.3) is 0 Å². The summed E-state index contributed by atoms with van der Waals surface area (Å²) in [5.41, 5.74) is 1.68. The largest absolute Gasteiger partial charge is 0.337 e. The molecule has 0 aromatic carbocycles. The molecule has 2 nitrogen and oxygen atoms in total. The van der Waals surface area contributed by atoms with E-state index in [9.17, 15) is 4.79 Å². The van der Waals surface area contributed by atoms with Crippen molar-refractivity contribution in [1.82, 2.24) is 4.90 Å². The molecule has 2 heteroatoms. The van der Waals surface area contributed by atoms with Crippen LogP contribution in [0, 0.1) is 16.2 Å². The topological polar surface area (TPSA) is 20.3 Å². The van der Waals surface area contributed by atoms with Gasteiger partial charge >= 0.3 is 0 Å². The number of rotatable bonds is 1. The molecule has 4 saturated carbocycles. The molecule has 0 spiro atoms. The monoisotopic (exact) mass is 261 g/mol. The molecule has 4 aliphatic carbocycles. The summed E-state index contributed by atoms with van der Waals surface area (Å²) < 4.78 is 0. The minimum Gasteiger partial charge on any atom is -0.337 e. The quantitative estimate of drug-likeness (QED) is 0.704. The third-order valence-corrected chi connectivity index (χ3v) is 6.47. The lowest BCUT2D eigenvalue weighted by atomic mass is 9.38. The van der Waals surface area contributed by atoms with Gasteiger partial charge in [0, 0.05) is 18.5 Å². The van der Waals surface area contributed by atoms with Crippen molar-refractivity contribution in [2.24, 2.45) is 16.2 Å². The SMILES string of the molecule is CC12CC3(C)CC(C)(C1)CC(N1CCCC1=O)(C2)C3. The average molecular weight is 261 g/mol. The van der Waals surface area contributed by atoms with E-state index < -0.39 is 0 Å². The number of hydrogen-bond acceptors (Lipinski definition) is 1. The minimum absolute atomic E-state index is 0.223. The van der Waals surface area contributed by atoms with Gasteiger partial charge in [0.05, 0.1) is 0 Å². The maximum absolute atomic E-state index is 12.3. The third kappa shape index (κ3) is 1.58. The first kappa shape index (κ1) is 12.2. The van der Waals surface area contributed by atoms with Crippen molar-refractivity contribution in [3.05, 3.63) is 0 Å². The lowest BCUT2D eigenvalue weighted by Crippen LogP contribution is -2.67. The molecule has 0 aromatic heterocycles. The summed E-state index contributed by atoms with van der Waals surface area (Å²) in [5, 5.41) is 0. The van der Waals surface area contributed by atoms with E-state index in [1.807, 2.05) is 0 Å². The molecule has 19 heavy (non-hydrogen) atoms. The Balaban J connectivity index is 1.79. The van der Waals surface area contributed by atoms with E-state index >= 15 is 0 Å². The van der Waals surface area contributed by atoms with Gasteiger partial charge in [-0.3, -0.25) is 4.79 Å². The number of hydrogen-bond donors (Lipinski definition) is 0. The minimum atomic E-state index is 0.223. The Morgan fingerprint density at radius 1 is 0.842 bits per heavy atom. The van der Waals surface area contributed by atoms with Gasteiger partial charge in [-0.2, -0.15) is 0 Å². The Labute approximate surface area is 116 Å². The van der Waals surface area contributed by atoms with E-state index in [2.05, 4.69) is 25.7 Å². The van der Waals surface area contributed by atoms with Crippen LogP contribution in [-0.4, -0.2) is 22.9 Å². The fraction of sp³-hybridized carbons (Fsp3) is 0.941. The smallest absolute Gasteiger partial charge is 0.223 e. The van der Waals surface area contributed by atoms with Crippen molar-refractivity contribution < 1.29 is 4.79 Å². The predicted molar refractivity (Wildman–Crippen MR) is 75.7 cm³/mol. The Morgan fingerprint density at radius 2 is 1.32 bits per heavy atom. The van der Waals surface area contributed by atoms with Gasteiger partial charge < -0.3 is 4.90 Å². The van der Waals surface area contributed by atoms with E-state index in [1.165, 1.54) is 38.5 Å². The molecule has 1 aliphatic heterocycles. The highest BCUT2D eigenvalue weighted by Gasteiger charge is 2.66. The van der Waals surface area contributed by atoms with Gasteiger partial charge in [-0.15, -0.1) is 0 Å². The van der Waals surface area contributed by atoms with Crippen molar-refractivity contribution in [3.8, 4) is 0 Å². The first-order valence-electron chi connectivity index (χ1n) is 8.06. The first-order chi connectivity index (χ1) is 8.76. The Bertz CT molecular complexity index is 401. The van der Waals surface area contributed by atoms with Crippen LogP contribution in [0.4, 0.5) is 0 Å². The molecule has 1 saturated heterocycles. The molecular weight excluding hydrogens is 234 g/mol. The normalized spacial score (nSPS) is 56.2. The number of carbonyl (C=O) groups excluding carboxylic acids is 1. The fourth-order valence-corrected chi connectivity index (χ4v) is 7.66. The molecule has 0 aromatic rings. The van der Waals surface area contributed by atoms with Crippen LogP contribution < -0.4 is 0 Å². The number of carbonyl (C=O) groups is 1. The molecule has 1 amide bonds. The van der Waals surface area contributed by atoms with Gasteiger partial charge in [-0.25, -0.2) is 0 Å². The summed E-state index contributed by atoms with van der Waals surface area (Å²) in [7, 11) is 0. The second kappa shape index (κ2) is 3.20. The lowest BCUT2D eigenvalue weighted by Gasteiger charge is -2.70. The predicted octanol–water partition coefficient (Wildman–Crippen LogP) is 3.75. The molecule has 0 radical (unpaired) electrons. The van der Waals surface area contributed by atoms with Crippen LogP contribution in [-0.2, 0) is 4.79 Å². The summed E-state index contributed by atoms with van der Waals surface area (Å²) in [4.78, 5) is 14.6. The zero-order chi connectivity index (χ0) is 13.5. The van der Waals surface area contributed by atoms with E-state index in [-0.39, 0.29) is 5.54 Å². The summed E-state index contributed by atoms with van der Waals surface area (Å²) >= 11 is 0. The second-order valence-electron chi connectivity index (χ2n) is 9.37. The molecule has 4 bridgehead atoms. The third-order valence-electron chi connectivity index (χ3n) is 6.47. The van der Waals surface area contributed by atoms with Crippen LogP contribution in [0.25, 0.3) is 0 Å². The maximum atomic E-state index is 12.3. The van der Waals surface area contributed by atoms with Crippen molar-refractivity contribution in [2.75, 3.05) is 6.54 Å². The summed E-state index contributed by atoms with van der Waals surface area (Å²) in [6.45, 7) is 8.52. The Morgan fingerprint density at radius 3 is 1.68 bits per heavy atom. The molecule has 0 atom stereocenters. The van der Waals surface area contributed by atoms with Crippen LogP contribution in [0.2, 0.25) is 0 Å². The lowest BCUT2D eigenvalue weighted by molar-refractivity contribution is -0.194. The molecule has 0 unspecified atom stereocenters. The summed E-state index contributed by atoms with van der Waals surface area (Å²) in [6.07, 6.45) is 9.87. The maximum Gasteiger partial charge on any atom is 0.223 e. The molecule has 106 valence electrons. The van der Waals surface area contributed by atoms with Crippen LogP contribution in [0.5, 0.6) is 0 Å². The standard InChI is InChI=1S/C17H27NO/c1-14-7-15(2)9-16(3,8-14)12-17(10-14,11-15)18-6-4-5-13(18)19/h4-12H2,1-3H3. The number of amides is 1. The molecule has 5 aliphatic rings. The van der Waals surface area contributed by atoms with Crippen LogP contribution in [0.15, 0.2) is 0 Å². The van der Waals surface area contributed by atoms with Gasteiger partial charge in [-0.1, -0.05) is 20.8 Å². The second-order valence-corrected chi connectivity index (χ2v) is 9.37. The van der Waals surface area contributed by atoms with E-state index in [0.29, 0.717) is 22.2 Å². The van der Waals surface area contributed by atoms with Crippen LogP contribution >= 0.6 is 0 Å². The fourth-order valence-electron chi connectivity index (χ4n) is 7.66. The number of nitrogens with zero attached hydrogens (tertiary/aromatic N) is 1. The highest BCUT2D eigenvalue weighted by molar-refractivity contribution is 5.79. The van der Waals surface area contributed by atoms with E-state index in [0.717, 1.165) is 19.4 Å². The van der Waals surface area contributed by atoms with Gasteiger partial charge in [0.1, 0.15) is 0 Å². The molecule has 5 rings (SSSR count). The van der Waals surface area contributed by atoms with Crippen LogP contribution in [0.3, 0.4) is 0 Å². The molecule has 0 N–H and O–H groups in total. The number of likely N-dealkylation sites (tertiary alicyclic amines) is 1. The molecule has 5 fully saturated rings. The van der Waals surface area contributed by atoms with Gasteiger partial charge in [0.2, 0.25) is 5.91 Å². The zero-order valence-corrected chi connectivity index (χ0v) is 12.7. The van der Waals surface area contributed by atoms with Crippen molar-refractivity contribution in [1.29, 1.82) is 0 Å². The van der Waals surface area contributed by atoms with Crippen LogP contribution in [0.1, 0.15) is 72.1 Å². The zero-order valence-electron chi connectivity index (χ0n) is 12.7. The molecule has 1 heterocycles. The van der Waals surface area contributed by atoms with E-state index in [4.69, 9.17) is 0 Å². The highest BCUT2D eigenvalue weighted by Crippen LogP contribution is 2.72.